The number of aryl methyl sites for hydroxylation is 1. The molecule has 1 aromatic heterocycles. The number of ether oxygens (including phenoxy) is 1. The van der Waals surface area contributed by atoms with Crippen LogP contribution in [0.2, 0.25) is 5.02 Å². The molecule has 128 valence electrons. The summed E-state index contributed by atoms with van der Waals surface area (Å²) in [6, 6.07) is 10.6. The van der Waals surface area contributed by atoms with E-state index in [2.05, 4.69) is 0 Å². The van der Waals surface area contributed by atoms with Gasteiger partial charge in [-0.05, 0) is 36.8 Å². The number of aliphatic hydroxyl groups excluding tert-OH is 1. The lowest BCUT2D eigenvalue weighted by Gasteiger charge is -2.32. The van der Waals surface area contributed by atoms with Crippen molar-refractivity contribution < 1.29 is 19.1 Å². The maximum atomic E-state index is 12.5. The zero-order chi connectivity index (χ0) is 17.1. The molecule has 6 heteroatoms. The lowest BCUT2D eigenvalue weighted by atomic mass is 10.1. The van der Waals surface area contributed by atoms with Gasteiger partial charge in [-0.1, -0.05) is 23.7 Å². The van der Waals surface area contributed by atoms with E-state index in [1.807, 2.05) is 19.1 Å². The van der Waals surface area contributed by atoms with Crippen LogP contribution in [0.5, 0.6) is 0 Å². The second kappa shape index (κ2) is 7.38. The Morgan fingerprint density at radius 2 is 2.08 bits per heavy atom. The van der Waals surface area contributed by atoms with Gasteiger partial charge in [-0.2, -0.15) is 0 Å². The fourth-order valence-corrected chi connectivity index (χ4v) is 2.90. The van der Waals surface area contributed by atoms with Crippen LogP contribution in [0, 0.1) is 6.92 Å². The van der Waals surface area contributed by atoms with Gasteiger partial charge in [0, 0.05) is 11.6 Å². The van der Waals surface area contributed by atoms with Crippen LogP contribution in [-0.4, -0.2) is 35.6 Å². The Labute approximate surface area is 145 Å². The summed E-state index contributed by atoms with van der Waals surface area (Å²) in [5, 5.41) is 10.9. The molecule has 5 nitrogen and oxygen atoms in total. The number of amides is 1. The van der Waals surface area contributed by atoms with Crippen molar-refractivity contribution in [1.29, 1.82) is 0 Å². The Kier molecular flexibility index (Phi) is 5.23. The van der Waals surface area contributed by atoms with Gasteiger partial charge in [0.05, 0.1) is 25.7 Å². The minimum Gasteiger partial charge on any atom is -0.464 e. The average molecular weight is 350 g/mol. The molecule has 1 aromatic carbocycles. The number of hydrogen-bond acceptors (Lipinski definition) is 4. The summed E-state index contributed by atoms with van der Waals surface area (Å²) in [5.74, 6) is 1.44. The Bertz CT molecular complexity index is 697. The second-order valence-corrected chi connectivity index (χ2v) is 6.36. The molecule has 1 saturated heterocycles. The summed E-state index contributed by atoms with van der Waals surface area (Å²) < 4.78 is 11.3. The summed E-state index contributed by atoms with van der Waals surface area (Å²) in [4.78, 5) is 14.2. The number of halogens is 1. The van der Waals surface area contributed by atoms with Gasteiger partial charge in [-0.15, -0.1) is 0 Å². The van der Waals surface area contributed by atoms with Crippen LogP contribution in [0.1, 0.15) is 35.7 Å². The van der Waals surface area contributed by atoms with Crippen molar-refractivity contribution >= 4 is 17.5 Å². The zero-order valence-electron chi connectivity index (χ0n) is 13.4. The monoisotopic (exact) mass is 349 g/mol. The van der Waals surface area contributed by atoms with Crippen LogP contribution >= 0.6 is 11.6 Å². The molecule has 1 N–H and O–H groups in total. The molecule has 1 aliphatic heterocycles. The average Bonchev–Trinajstić information content (AvgIpc) is 3.02. The van der Waals surface area contributed by atoms with Gasteiger partial charge in [0.2, 0.25) is 5.91 Å². The maximum absolute atomic E-state index is 12.5. The fraction of sp³-hybridized carbons (Fsp3) is 0.389. The summed E-state index contributed by atoms with van der Waals surface area (Å²) in [6.07, 6.45) is -1.07. The quantitative estimate of drug-likeness (QED) is 0.920. The van der Waals surface area contributed by atoms with E-state index in [0.29, 0.717) is 30.3 Å². The largest absolute Gasteiger partial charge is 0.464 e. The third-order valence-corrected chi connectivity index (χ3v) is 4.37. The lowest BCUT2D eigenvalue weighted by molar-refractivity contribution is -0.141. The van der Waals surface area contributed by atoms with E-state index in [4.69, 9.17) is 20.8 Å². The first-order valence-corrected chi connectivity index (χ1v) is 8.30. The molecule has 2 atom stereocenters. The van der Waals surface area contributed by atoms with E-state index in [0.717, 1.165) is 11.5 Å². The van der Waals surface area contributed by atoms with E-state index in [9.17, 15) is 9.90 Å². The van der Waals surface area contributed by atoms with Crippen molar-refractivity contribution in [3.05, 3.63) is 58.5 Å². The number of rotatable bonds is 4. The predicted molar refractivity (Wildman–Crippen MR) is 89.7 cm³/mol. The normalized spacial score (nSPS) is 19.3. The van der Waals surface area contributed by atoms with Gasteiger partial charge >= 0.3 is 0 Å². The number of carbonyl (C=O) groups is 1. The van der Waals surface area contributed by atoms with Gasteiger partial charge in [0.25, 0.3) is 0 Å². The standard InChI is InChI=1S/C18H20ClNO4/c1-12-2-7-16(24-12)17-11-20(8-9-23-17)18(22)10-15(21)13-3-5-14(19)6-4-13/h2-7,15,17,21H,8-11H2,1H3. The molecule has 0 saturated carbocycles. The highest BCUT2D eigenvalue weighted by Gasteiger charge is 2.28. The first-order chi connectivity index (χ1) is 11.5. The van der Waals surface area contributed by atoms with E-state index >= 15 is 0 Å². The Morgan fingerprint density at radius 1 is 1.33 bits per heavy atom. The third kappa shape index (κ3) is 3.98. The summed E-state index contributed by atoms with van der Waals surface area (Å²) in [5.41, 5.74) is 0.680. The van der Waals surface area contributed by atoms with Crippen LogP contribution < -0.4 is 0 Å². The molecule has 3 rings (SSSR count). The van der Waals surface area contributed by atoms with Crippen molar-refractivity contribution in [3.63, 3.8) is 0 Å². The molecule has 0 bridgehead atoms. The predicted octanol–water partition coefficient (Wildman–Crippen LogP) is 3.27. The van der Waals surface area contributed by atoms with Crippen LogP contribution in [0.25, 0.3) is 0 Å². The Morgan fingerprint density at radius 3 is 2.75 bits per heavy atom. The molecule has 0 radical (unpaired) electrons. The van der Waals surface area contributed by atoms with Crippen LogP contribution in [0.15, 0.2) is 40.8 Å². The summed E-state index contributed by atoms with van der Waals surface area (Å²) in [6.45, 7) is 3.27. The van der Waals surface area contributed by atoms with E-state index in [-0.39, 0.29) is 18.4 Å². The fourth-order valence-electron chi connectivity index (χ4n) is 2.77. The molecule has 0 spiro atoms. The van der Waals surface area contributed by atoms with Gasteiger partial charge < -0.3 is 19.2 Å². The number of furan rings is 1. The van der Waals surface area contributed by atoms with E-state index in [1.165, 1.54) is 0 Å². The molecule has 2 unspecified atom stereocenters. The number of hydrogen-bond donors (Lipinski definition) is 1. The maximum Gasteiger partial charge on any atom is 0.225 e. The molecule has 2 aromatic rings. The molecule has 1 fully saturated rings. The zero-order valence-corrected chi connectivity index (χ0v) is 14.2. The van der Waals surface area contributed by atoms with Crippen molar-refractivity contribution in [2.75, 3.05) is 19.7 Å². The smallest absolute Gasteiger partial charge is 0.225 e. The highest BCUT2D eigenvalue weighted by atomic mass is 35.5. The molecular formula is C18H20ClNO4. The van der Waals surface area contributed by atoms with Crippen molar-refractivity contribution in [1.82, 2.24) is 4.90 Å². The number of nitrogens with zero attached hydrogens (tertiary/aromatic N) is 1. The van der Waals surface area contributed by atoms with Crippen molar-refractivity contribution in [2.45, 2.75) is 25.6 Å². The number of benzene rings is 1. The number of aliphatic hydroxyl groups is 1. The highest BCUT2D eigenvalue weighted by Crippen LogP contribution is 2.26. The molecule has 1 aliphatic rings. The van der Waals surface area contributed by atoms with Gasteiger partial charge in [0.1, 0.15) is 17.6 Å². The van der Waals surface area contributed by atoms with Gasteiger partial charge in [-0.3, -0.25) is 4.79 Å². The highest BCUT2D eigenvalue weighted by molar-refractivity contribution is 6.30. The van der Waals surface area contributed by atoms with Crippen molar-refractivity contribution in [2.24, 2.45) is 0 Å². The van der Waals surface area contributed by atoms with Gasteiger partial charge in [-0.25, -0.2) is 0 Å². The van der Waals surface area contributed by atoms with Crippen LogP contribution in [-0.2, 0) is 9.53 Å². The first-order valence-electron chi connectivity index (χ1n) is 7.92. The summed E-state index contributed by atoms with van der Waals surface area (Å²) in [7, 11) is 0. The SMILES string of the molecule is Cc1ccc(C2CN(C(=O)CC(O)c3ccc(Cl)cc3)CCO2)o1. The molecular weight excluding hydrogens is 330 g/mol. The van der Waals surface area contributed by atoms with Gasteiger partial charge in [0.15, 0.2) is 0 Å². The van der Waals surface area contributed by atoms with E-state index in [1.54, 1.807) is 29.2 Å². The second-order valence-electron chi connectivity index (χ2n) is 5.92. The minimum atomic E-state index is -0.845. The molecule has 2 heterocycles. The third-order valence-electron chi connectivity index (χ3n) is 4.12. The Hall–Kier alpha value is -1.82. The molecule has 24 heavy (non-hydrogen) atoms. The van der Waals surface area contributed by atoms with E-state index < -0.39 is 6.10 Å². The van der Waals surface area contributed by atoms with Crippen molar-refractivity contribution in [3.8, 4) is 0 Å². The molecule has 0 aliphatic carbocycles. The van der Waals surface area contributed by atoms with Crippen LogP contribution in [0.4, 0.5) is 0 Å². The topological polar surface area (TPSA) is 62.9 Å². The first kappa shape index (κ1) is 17.0. The number of morpholine rings is 1. The summed E-state index contributed by atoms with van der Waals surface area (Å²) >= 11 is 5.84. The minimum absolute atomic E-state index is 0.0333. The molecule has 1 amide bonds. The van der Waals surface area contributed by atoms with Crippen LogP contribution in [0.3, 0.4) is 0 Å². The lowest BCUT2D eigenvalue weighted by Crippen LogP contribution is -2.42. The Balaban J connectivity index is 1.60. The number of carbonyl (C=O) groups excluding carboxylic acids is 1.